The summed E-state index contributed by atoms with van der Waals surface area (Å²) in [5, 5.41) is 0. The standard InChI is InChI=1S/C13H16O4/c1-9(14)8-13(15)17-10(2)11-6-4-5-7-12(11)16-3/h4-7,10H,8H2,1-3H3. The molecule has 0 bridgehead atoms. The number of hydrogen-bond donors (Lipinski definition) is 0. The lowest BCUT2D eigenvalue weighted by Crippen LogP contribution is -2.12. The topological polar surface area (TPSA) is 52.6 Å². The molecule has 1 unspecified atom stereocenters. The number of ether oxygens (including phenoxy) is 2. The summed E-state index contributed by atoms with van der Waals surface area (Å²) in [5.74, 6) is -0.0613. The van der Waals surface area contributed by atoms with Gasteiger partial charge in [0, 0.05) is 5.56 Å². The quantitative estimate of drug-likeness (QED) is 0.581. The summed E-state index contributed by atoms with van der Waals surface area (Å²) in [4.78, 5) is 22.1. The predicted octanol–water partition coefficient (Wildman–Crippen LogP) is 2.28. The summed E-state index contributed by atoms with van der Waals surface area (Å²) in [6, 6.07) is 7.30. The zero-order valence-electron chi connectivity index (χ0n) is 10.2. The third-order valence-electron chi connectivity index (χ3n) is 2.28. The lowest BCUT2D eigenvalue weighted by molar-refractivity contribution is -0.150. The van der Waals surface area contributed by atoms with Gasteiger partial charge in [-0.2, -0.15) is 0 Å². The van der Waals surface area contributed by atoms with Crippen LogP contribution >= 0.6 is 0 Å². The van der Waals surface area contributed by atoms with Gasteiger partial charge in [0.2, 0.25) is 0 Å². The fraction of sp³-hybridized carbons (Fsp3) is 0.385. The minimum atomic E-state index is -0.518. The highest BCUT2D eigenvalue weighted by Crippen LogP contribution is 2.27. The molecule has 0 saturated carbocycles. The number of hydrogen-bond acceptors (Lipinski definition) is 4. The molecule has 1 aromatic carbocycles. The van der Waals surface area contributed by atoms with Crippen LogP contribution in [-0.2, 0) is 14.3 Å². The van der Waals surface area contributed by atoms with Crippen molar-refractivity contribution in [2.45, 2.75) is 26.4 Å². The summed E-state index contributed by atoms with van der Waals surface area (Å²) in [5.41, 5.74) is 0.784. The van der Waals surface area contributed by atoms with Crippen LogP contribution in [0.4, 0.5) is 0 Å². The number of esters is 1. The van der Waals surface area contributed by atoms with Crippen LogP contribution in [0.25, 0.3) is 0 Å². The number of carbonyl (C=O) groups excluding carboxylic acids is 2. The fourth-order valence-corrected chi connectivity index (χ4v) is 1.51. The summed E-state index contributed by atoms with van der Waals surface area (Å²) < 4.78 is 10.3. The molecule has 0 radical (unpaired) electrons. The highest BCUT2D eigenvalue weighted by molar-refractivity contribution is 5.94. The molecule has 1 rings (SSSR count). The third-order valence-corrected chi connectivity index (χ3v) is 2.28. The van der Waals surface area contributed by atoms with Gasteiger partial charge in [-0.3, -0.25) is 9.59 Å². The van der Waals surface area contributed by atoms with Gasteiger partial charge in [0.25, 0.3) is 0 Å². The molecular weight excluding hydrogens is 220 g/mol. The van der Waals surface area contributed by atoms with E-state index in [-0.39, 0.29) is 12.2 Å². The minimum Gasteiger partial charge on any atom is -0.496 e. The summed E-state index contributed by atoms with van der Waals surface area (Å²) in [6.45, 7) is 3.10. The van der Waals surface area contributed by atoms with Crippen LogP contribution in [0.3, 0.4) is 0 Å². The molecule has 0 aliphatic heterocycles. The maximum Gasteiger partial charge on any atom is 0.313 e. The Hall–Kier alpha value is -1.84. The Labute approximate surface area is 101 Å². The van der Waals surface area contributed by atoms with Gasteiger partial charge >= 0.3 is 5.97 Å². The Bertz CT molecular complexity index is 412. The average Bonchev–Trinajstić information content (AvgIpc) is 2.27. The molecular formula is C13H16O4. The first-order valence-electron chi connectivity index (χ1n) is 5.36. The van der Waals surface area contributed by atoms with Crippen molar-refractivity contribution < 1.29 is 19.1 Å². The van der Waals surface area contributed by atoms with E-state index in [2.05, 4.69) is 0 Å². The summed E-state index contributed by atoms with van der Waals surface area (Å²) >= 11 is 0. The molecule has 0 aromatic heterocycles. The van der Waals surface area contributed by atoms with E-state index < -0.39 is 12.1 Å². The van der Waals surface area contributed by atoms with Crippen molar-refractivity contribution in [3.05, 3.63) is 29.8 Å². The third kappa shape index (κ3) is 3.90. The fourth-order valence-electron chi connectivity index (χ4n) is 1.51. The number of methoxy groups -OCH3 is 1. The Morgan fingerprint density at radius 1 is 1.29 bits per heavy atom. The molecule has 4 nitrogen and oxygen atoms in total. The maximum atomic E-state index is 11.4. The second kappa shape index (κ2) is 6.03. The van der Waals surface area contributed by atoms with E-state index in [1.165, 1.54) is 6.92 Å². The van der Waals surface area contributed by atoms with Gasteiger partial charge < -0.3 is 9.47 Å². The van der Waals surface area contributed by atoms with Crippen molar-refractivity contribution in [1.82, 2.24) is 0 Å². The van der Waals surface area contributed by atoms with Gasteiger partial charge in [0.05, 0.1) is 7.11 Å². The van der Waals surface area contributed by atoms with Gasteiger partial charge in [-0.15, -0.1) is 0 Å². The van der Waals surface area contributed by atoms with Gasteiger partial charge in [-0.25, -0.2) is 0 Å². The van der Waals surface area contributed by atoms with Crippen LogP contribution < -0.4 is 4.74 Å². The highest BCUT2D eigenvalue weighted by Gasteiger charge is 2.16. The Balaban J connectivity index is 2.72. The predicted molar refractivity (Wildman–Crippen MR) is 62.8 cm³/mol. The van der Waals surface area contributed by atoms with E-state index in [4.69, 9.17) is 9.47 Å². The summed E-state index contributed by atoms with van der Waals surface area (Å²) in [6.07, 6.45) is -0.627. The van der Waals surface area contributed by atoms with Crippen LogP contribution in [0, 0.1) is 0 Å². The van der Waals surface area contributed by atoms with E-state index in [1.54, 1.807) is 20.1 Å². The molecule has 0 heterocycles. The van der Waals surface area contributed by atoms with E-state index in [0.717, 1.165) is 5.56 Å². The number of Topliss-reactive ketones (excluding diaryl/α,β-unsaturated/α-hetero) is 1. The molecule has 0 spiro atoms. The first kappa shape index (κ1) is 13.2. The van der Waals surface area contributed by atoms with E-state index in [0.29, 0.717) is 5.75 Å². The van der Waals surface area contributed by atoms with E-state index >= 15 is 0 Å². The second-order valence-corrected chi connectivity index (χ2v) is 3.75. The Morgan fingerprint density at radius 3 is 2.53 bits per heavy atom. The lowest BCUT2D eigenvalue weighted by Gasteiger charge is -2.16. The first-order chi connectivity index (χ1) is 8.04. The van der Waals surface area contributed by atoms with Crippen LogP contribution in [0.15, 0.2) is 24.3 Å². The number of para-hydroxylation sites is 1. The van der Waals surface area contributed by atoms with Crippen molar-refractivity contribution in [3.8, 4) is 5.75 Å². The molecule has 92 valence electrons. The maximum absolute atomic E-state index is 11.4. The average molecular weight is 236 g/mol. The molecule has 0 aliphatic carbocycles. The molecule has 0 saturated heterocycles. The Kier molecular flexibility index (Phi) is 4.69. The lowest BCUT2D eigenvalue weighted by atomic mass is 10.1. The molecule has 1 aromatic rings. The largest absolute Gasteiger partial charge is 0.496 e. The molecule has 0 aliphatic rings. The molecule has 4 heteroatoms. The van der Waals surface area contributed by atoms with Gasteiger partial charge in [-0.1, -0.05) is 18.2 Å². The number of benzene rings is 1. The van der Waals surface area contributed by atoms with Crippen molar-refractivity contribution in [3.63, 3.8) is 0 Å². The Morgan fingerprint density at radius 2 is 1.94 bits per heavy atom. The molecule has 0 amide bonds. The SMILES string of the molecule is COc1ccccc1C(C)OC(=O)CC(C)=O. The zero-order chi connectivity index (χ0) is 12.8. The highest BCUT2D eigenvalue weighted by atomic mass is 16.5. The van der Waals surface area contributed by atoms with Crippen LogP contribution in [0.1, 0.15) is 31.9 Å². The van der Waals surface area contributed by atoms with Crippen LogP contribution in [0.2, 0.25) is 0 Å². The van der Waals surface area contributed by atoms with Crippen LogP contribution in [-0.4, -0.2) is 18.9 Å². The van der Waals surface area contributed by atoms with Crippen molar-refractivity contribution in [1.29, 1.82) is 0 Å². The summed E-state index contributed by atoms with van der Waals surface area (Å²) in [7, 11) is 1.56. The normalized spacial score (nSPS) is 11.7. The number of ketones is 1. The van der Waals surface area contributed by atoms with Crippen molar-refractivity contribution in [2.75, 3.05) is 7.11 Å². The second-order valence-electron chi connectivity index (χ2n) is 3.75. The van der Waals surface area contributed by atoms with Crippen molar-refractivity contribution >= 4 is 11.8 Å². The van der Waals surface area contributed by atoms with Gasteiger partial charge in [-0.05, 0) is 19.9 Å². The van der Waals surface area contributed by atoms with Gasteiger partial charge in [0.1, 0.15) is 24.1 Å². The number of carbonyl (C=O) groups is 2. The molecule has 0 N–H and O–H groups in total. The molecule has 0 fully saturated rings. The van der Waals surface area contributed by atoms with Gasteiger partial charge in [0.15, 0.2) is 0 Å². The molecule has 1 atom stereocenters. The van der Waals surface area contributed by atoms with E-state index in [1.807, 2.05) is 18.2 Å². The zero-order valence-corrected chi connectivity index (χ0v) is 10.2. The van der Waals surface area contributed by atoms with Crippen molar-refractivity contribution in [2.24, 2.45) is 0 Å². The smallest absolute Gasteiger partial charge is 0.313 e. The van der Waals surface area contributed by atoms with Crippen LogP contribution in [0.5, 0.6) is 5.75 Å². The van der Waals surface area contributed by atoms with E-state index in [9.17, 15) is 9.59 Å². The molecule has 17 heavy (non-hydrogen) atoms. The minimum absolute atomic E-state index is 0.195. The first-order valence-corrected chi connectivity index (χ1v) is 5.36. The monoisotopic (exact) mass is 236 g/mol. The number of rotatable bonds is 5.